The molecule has 0 spiro atoms. The van der Waals surface area contributed by atoms with Crippen molar-refractivity contribution in [2.75, 3.05) is 6.61 Å². The van der Waals surface area contributed by atoms with E-state index in [1.807, 2.05) is 25.1 Å². The van der Waals surface area contributed by atoms with Crippen molar-refractivity contribution in [1.82, 2.24) is 0 Å². The summed E-state index contributed by atoms with van der Waals surface area (Å²) in [6, 6.07) is 22.5. The largest absolute Gasteiger partial charge is 0.482 e. The molecule has 3 aromatic rings. The van der Waals surface area contributed by atoms with Crippen molar-refractivity contribution in [3.05, 3.63) is 101 Å². The highest BCUT2D eigenvalue weighted by Gasteiger charge is 2.19. The zero-order chi connectivity index (χ0) is 21.5. The van der Waals surface area contributed by atoms with Gasteiger partial charge in [-0.1, -0.05) is 60.2 Å². The molecule has 0 heterocycles. The van der Waals surface area contributed by atoms with Gasteiger partial charge in [-0.2, -0.15) is 0 Å². The summed E-state index contributed by atoms with van der Waals surface area (Å²) in [6.45, 7) is 3.13. The maximum absolute atomic E-state index is 12.4. The molecule has 5 heteroatoms. The minimum atomic E-state index is -0.908. The Morgan fingerprint density at radius 2 is 1.33 bits per heavy atom. The number of hydrogen-bond acceptors (Lipinski definition) is 5. The van der Waals surface area contributed by atoms with E-state index in [2.05, 4.69) is 0 Å². The van der Waals surface area contributed by atoms with Gasteiger partial charge in [-0.15, -0.1) is 0 Å². The van der Waals surface area contributed by atoms with Crippen molar-refractivity contribution in [3.63, 3.8) is 0 Å². The summed E-state index contributed by atoms with van der Waals surface area (Å²) in [5.41, 5.74) is 2.65. The molecule has 5 nitrogen and oxygen atoms in total. The lowest BCUT2D eigenvalue weighted by Crippen LogP contribution is -2.27. The maximum atomic E-state index is 12.4. The van der Waals surface area contributed by atoms with Crippen LogP contribution < -0.4 is 4.74 Å². The number of aryl methyl sites for hydroxylation is 1. The quantitative estimate of drug-likeness (QED) is 0.412. The fraction of sp³-hybridized carbons (Fsp3) is 0.160. The van der Waals surface area contributed by atoms with Crippen LogP contribution in [0.15, 0.2) is 78.9 Å². The second-order valence-corrected chi connectivity index (χ2v) is 6.87. The molecule has 0 aliphatic heterocycles. The standard InChI is InChI=1S/C25H22O5/c1-17-8-10-20(11-9-17)24(27)18(2)30-23(26)16-29-22-14-12-21(13-15-22)25(28)19-6-4-3-5-7-19/h3-15,18H,16H2,1-2H3/t18-/m0/s1. The van der Waals surface area contributed by atoms with E-state index in [0.29, 0.717) is 22.4 Å². The number of ketones is 2. The number of Topliss-reactive ketones (excluding diaryl/α,β-unsaturated/α-hetero) is 1. The number of esters is 1. The van der Waals surface area contributed by atoms with E-state index in [-0.39, 0.29) is 18.2 Å². The van der Waals surface area contributed by atoms with E-state index in [9.17, 15) is 14.4 Å². The summed E-state index contributed by atoms with van der Waals surface area (Å²) >= 11 is 0. The highest BCUT2D eigenvalue weighted by molar-refractivity contribution is 6.09. The van der Waals surface area contributed by atoms with Crippen LogP contribution in [0.3, 0.4) is 0 Å². The second kappa shape index (κ2) is 9.65. The minimum absolute atomic E-state index is 0.0926. The van der Waals surface area contributed by atoms with Gasteiger partial charge in [0, 0.05) is 16.7 Å². The number of hydrogen-bond donors (Lipinski definition) is 0. The van der Waals surface area contributed by atoms with Gasteiger partial charge in [-0.25, -0.2) is 4.79 Å². The molecule has 0 fully saturated rings. The number of carbonyl (C=O) groups is 3. The van der Waals surface area contributed by atoms with Crippen molar-refractivity contribution < 1.29 is 23.9 Å². The lowest BCUT2D eigenvalue weighted by Gasteiger charge is -2.13. The van der Waals surface area contributed by atoms with Crippen molar-refractivity contribution in [3.8, 4) is 5.75 Å². The summed E-state index contributed by atoms with van der Waals surface area (Å²) in [7, 11) is 0. The van der Waals surface area contributed by atoms with E-state index < -0.39 is 12.1 Å². The van der Waals surface area contributed by atoms with E-state index in [4.69, 9.17) is 9.47 Å². The molecular formula is C25H22O5. The molecular weight excluding hydrogens is 380 g/mol. The van der Waals surface area contributed by atoms with Gasteiger partial charge in [0.2, 0.25) is 5.78 Å². The molecule has 0 amide bonds. The van der Waals surface area contributed by atoms with Gasteiger partial charge in [0.15, 0.2) is 18.5 Å². The van der Waals surface area contributed by atoms with Crippen LogP contribution in [0.4, 0.5) is 0 Å². The normalized spacial score (nSPS) is 11.4. The van der Waals surface area contributed by atoms with Gasteiger partial charge < -0.3 is 9.47 Å². The van der Waals surface area contributed by atoms with Crippen LogP contribution in [0.1, 0.15) is 38.8 Å². The van der Waals surface area contributed by atoms with Crippen molar-refractivity contribution in [1.29, 1.82) is 0 Å². The van der Waals surface area contributed by atoms with Crippen LogP contribution in [0.25, 0.3) is 0 Å². The van der Waals surface area contributed by atoms with Crippen LogP contribution in [0.2, 0.25) is 0 Å². The van der Waals surface area contributed by atoms with E-state index >= 15 is 0 Å². The fourth-order valence-electron chi connectivity index (χ4n) is 2.84. The van der Waals surface area contributed by atoms with Gasteiger partial charge in [-0.05, 0) is 38.1 Å². The number of ether oxygens (including phenoxy) is 2. The summed E-state index contributed by atoms with van der Waals surface area (Å²) in [5, 5.41) is 0. The molecule has 0 saturated carbocycles. The van der Waals surface area contributed by atoms with E-state index in [0.717, 1.165) is 5.56 Å². The molecule has 0 saturated heterocycles. The van der Waals surface area contributed by atoms with Crippen LogP contribution in [0, 0.1) is 6.92 Å². The first-order valence-electron chi connectivity index (χ1n) is 9.57. The zero-order valence-electron chi connectivity index (χ0n) is 16.8. The summed E-state index contributed by atoms with van der Waals surface area (Å²) < 4.78 is 10.6. The van der Waals surface area contributed by atoms with E-state index in [1.165, 1.54) is 6.92 Å². The van der Waals surface area contributed by atoms with Crippen LogP contribution in [-0.4, -0.2) is 30.2 Å². The molecule has 0 aliphatic carbocycles. The molecule has 30 heavy (non-hydrogen) atoms. The molecule has 0 radical (unpaired) electrons. The first kappa shape index (κ1) is 21.0. The molecule has 152 valence electrons. The summed E-state index contributed by atoms with van der Waals surface area (Å²) in [5.74, 6) is -0.585. The van der Waals surface area contributed by atoms with Gasteiger partial charge >= 0.3 is 5.97 Å². The van der Waals surface area contributed by atoms with E-state index in [1.54, 1.807) is 60.7 Å². The Balaban J connectivity index is 1.51. The SMILES string of the molecule is Cc1ccc(C(=O)[C@H](C)OC(=O)COc2ccc(C(=O)c3ccccc3)cc2)cc1. The first-order valence-corrected chi connectivity index (χ1v) is 9.57. The lowest BCUT2D eigenvalue weighted by atomic mass is 10.0. The molecule has 0 N–H and O–H groups in total. The molecule has 0 unspecified atom stereocenters. The third kappa shape index (κ3) is 5.41. The van der Waals surface area contributed by atoms with Crippen LogP contribution in [-0.2, 0) is 9.53 Å². The van der Waals surface area contributed by atoms with Gasteiger partial charge in [0.05, 0.1) is 0 Å². The Hall–Kier alpha value is -3.73. The monoisotopic (exact) mass is 402 g/mol. The average molecular weight is 402 g/mol. The first-order chi connectivity index (χ1) is 14.4. The highest BCUT2D eigenvalue weighted by atomic mass is 16.6. The Bertz CT molecular complexity index is 1020. The molecule has 0 aromatic heterocycles. The van der Waals surface area contributed by atoms with Gasteiger partial charge in [0.25, 0.3) is 0 Å². The Kier molecular flexibility index (Phi) is 6.75. The smallest absolute Gasteiger partial charge is 0.344 e. The third-order valence-electron chi connectivity index (χ3n) is 4.52. The number of rotatable bonds is 8. The Morgan fingerprint density at radius 1 is 0.767 bits per heavy atom. The Labute approximate surface area is 175 Å². The fourth-order valence-corrected chi connectivity index (χ4v) is 2.84. The lowest BCUT2D eigenvalue weighted by molar-refractivity contribution is -0.148. The molecule has 0 aliphatic rings. The second-order valence-electron chi connectivity index (χ2n) is 6.87. The van der Waals surface area contributed by atoms with Gasteiger partial charge in [0.1, 0.15) is 5.75 Å². The minimum Gasteiger partial charge on any atom is -0.482 e. The Morgan fingerprint density at radius 3 is 1.97 bits per heavy atom. The predicted octanol–water partition coefficient (Wildman–Crippen LogP) is 4.42. The molecule has 3 aromatic carbocycles. The topological polar surface area (TPSA) is 69.7 Å². The molecule has 1 atom stereocenters. The third-order valence-corrected chi connectivity index (χ3v) is 4.52. The van der Waals surface area contributed by atoms with Gasteiger partial charge in [-0.3, -0.25) is 9.59 Å². The zero-order valence-corrected chi connectivity index (χ0v) is 16.8. The highest BCUT2D eigenvalue weighted by Crippen LogP contribution is 2.16. The van der Waals surface area contributed by atoms with Crippen molar-refractivity contribution in [2.45, 2.75) is 20.0 Å². The number of benzene rings is 3. The molecule has 0 bridgehead atoms. The summed E-state index contributed by atoms with van der Waals surface area (Å²) in [6.07, 6.45) is -0.908. The van der Waals surface area contributed by atoms with Crippen molar-refractivity contribution in [2.24, 2.45) is 0 Å². The van der Waals surface area contributed by atoms with Crippen LogP contribution in [0.5, 0.6) is 5.75 Å². The number of carbonyl (C=O) groups excluding carboxylic acids is 3. The maximum Gasteiger partial charge on any atom is 0.344 e. The average Bonchev–Trinajstić information content (AvgIpc) is 2.78. The van der Waals surface area contributed by atoms with Crippen LogP contribution >= 0.6 is 0 Å². The summed E-state index contributed by atoms with van der Waals surface area (Å²) in [4.78, 5) is 36.8. The molecule has 3 rings (SSSR count). The van der Waals surface area contributed by atoms with Crippen molar-refractivity contribution >= 4 is 17.5 Å². The predicted molar refractivity (Wildman–Crippen MR) is 113 cm³/mol.